The second-order valence-electron chi connectivity index (χ2n) is 4.25. The number of pyridine rings is 1. The Morgan fingerprint density at radius 1 is 1.21 bits per heavy atom. The van der Waals surface area contributed by atoms with Crippen LogP contribution in [0.25, 0.3) is 5.70 Å². The highest BCUT2D eigenvalue weighted by Crippen LogP contribution is 2.28. The third-order valence-corrected chi connectivity index (χ3v) is 2.99. The fourth-order valence-electron chi connectivity index (χ4n) is 1.95. The molecule has 4 nitrogen and oxygen atoms in total. The van der Waals surface area contributed by atoms with Crippen LogP contribution in [0.4, 0.5) is 0 Å². The topological polar surface area (TPSA) is 51.2 Å². The van der Waals surface area contributed by atoms with Crippen LogP contribution in [-0.4, -0.2) is 11.3 Å². The molecule has 1 N–H and O–H groups in total. The minimum Gasteiger partial charge on any atom is -0.298 e. The highest BCUT2D eigenvalue weighted by atomic mass is 16.7. The lowest BCUT2D eigenvalue weighted by Crippen LogP contribution is -2.07. The smallest absolute Gasteiger partial charge is 0.150 e. The van der Waals surface area contributed by atoms with Crippen LogP contribution in [0.5, 0.6) is 0 Å². The van der Waals surface area contributed by atoms with Crippen molar-refractivity contribution in [3.63, 3.8) is 0 Å². The third-order valence-electron chi connectivity index (χ3n) is 2.99. The first kappa shape index (κ1) is 11.6. The van der Waals surface area contributed by atoms with Crippen molar-refractivity contribution in [1.82, 2.24) is 10.5 Å². The lowest BCUT2D eigenvalue weighted by atomic mass is 10.1. The van der Waals surface area contributed by atoms with Gasteiger partial charge >= 0.3 is 0 Å². The number of aldehydes is 1. The Labute approximate surface area is 110 Å². The van der Waals surface area contributed by atoms with E-state index in [1.54, 1.807) is 24.5 Å². The molecule has 0 saturated carbocycles. The lowest BCUT2D eigenvalue weighted by molar-refractivity contribution is 0.0511. The van der Waals surface area contributed by atoms with Gasteiger partial charge in [-0.2, -0.15) is 0 Å². The van der Waals surface area contributed by atoms with Gasteiger partial charge in [0.1, 0.15) is 12.4 Å². The summed E-state index contributed by atoms with van der Waals surface area (Å²) >= 11 is 0. The van der Waals surface area contributed by atoms with Gasteiger partial charge in [0.05, 0.1) is 5.70 Å². The fraction of sp³-hybridized carbons (Fsp3) is 0.0667. The molecule has 0 saturated heterocycles. The van der Waals surface area contributed by atoms with E-state index in [1.807, 2.05) is 30.3 Å². The van der Waals surface area contributed by atoms with Crippen LogP contribution in [0.2, 0.25) is 0 Å². The summed E-state index contributed by atoms with van der Waals surface area (Å²) in [6, 6.07) is 11.2. The third kappa shape index (κ3) is 2.39. The molecule has 1 aromatic carbocycles. The summed E-state index contributed by atoms with van der Waals surface area (Å²) < 4.78 is 0. The fourth-order valence-corrected chi connectivity index (χ4v) is 1.95. The van der Waals surface area contributed by atoms with E-state index in [2.05, 4.69) is 10.5 Å². The number of nitrogens with zero attached hydrogens (tertiary/aromatic N) is 1. The molecule has 3 rings (SSSR count). The molecule has 0 amide bonds. The van der Waals surface area contributed by atoms with Crippen molar-refractivity contribution >= 4 is 12.0 Å². The van der Waals surface area contributed by atoms with E-state index in [9.17, 15) is 4.79 Å². The van der Waals surface area contributed by atoms with Gasteiger partial charge in [0.25, 0.3) is 0 Å². The first-order chi connectivity index (χ1) is 9.36. The zero-order chi connectivity index (χ0) is 13.1. The highest BCUT2D eigenvalue weighted by molar-refractivity contribution is 5.74. The van der Waals surface area contributed by atoms with Crippen molar-refractivity contribution in [2.45, 2.75) is 6.10 Å². The predicted octanol–water partition coefficient (Wildman–Crippen LogP) is 2.51. The molecule has 1 aliphatic heterocycles. The Balaban J connectivity index is 1.84. The zero-order valence-corrected chi connectivity index (χ0v) is 10.1. The van der Waals surface area contributed by atoms with Crippen LogP contribution in [0.15, 0.2) is 54.9 Å². The summed E-state index contributed by atoms with van der Waals surface area (Å²) in [5.41, 5.74) is 6.44. The lowest BCUT2D eigenvalue weighted by Gasteiger charge is -2.07. The van der Waals surface area contributed by atoms with Gasteiger partial charge in [-0.15, -0.1) is 0 Å². The maximum Gasteiger partial charge on any atom is 0.150 e. The number of carbonyl (C=O) groups excluding carboxylic acids is 1. The molecule has 94 valence electrons. The minimum atomic E-state index is -0.157. The maximum absolute atomic E-state index is 10.6. The van der Waals surface area contributed by atoms with E-state index in [0.717, 1.165) is 23.1 Å². The summed E-state index contributed by atoms with van der Waals surface area (Å²) in [7, 11) is 0. The summed E-state index contributed by atoms with van der Waals surface area (Å²) in [6.07, 6.45) is 6.17. The minimum absolute atomic E-state index is 0.157. The summed E-state index contributed by atoms with van der Waals surface area (Å²) in [5.74, 6) is 0. The molecule has 0 spiro atoms. The summed E-state index contributed by atoms with van der Waals surface area (Å²) in [6.45, 7) is 0. The predicted molar refractivity (Wildman–Crippen MR) is 71.0 cm³/mol. The molecule has 19 heavy (non-hydrogen) atoms. The molecule has 4 heteroatoms. The van der Waals surface area contributed by atoms with Gasteiger partial charge in [-0.1, -0.05) is 24.3 Å². The van der Waals surface area contributed by atoms with Crippen molar-refractivity contribution in [3.05, 3.63) is 71.6 Å². The van der Waals surface area contributed by atoms with Crippen LogP contribution < -0.4 is 5.48 Å². The van der Waals surface area contributed by atoms with Gasteiger partial charge in [0.15, 0.2) is 0 Å². The van der Waals surface area contributed by atoms with Gasteiger partial charge in [0.2, 0.25) is 0 Å². The van der Waals surface area contributed by atoms with Crippen LogP contribution in [0, 0.1) is 0 Å². The first-order valence-corrected chi connectivity index (χ1v) is 5.96. The SMILES string of the molecule is O=Cc1ccc(C2C=C(c3cccnc3)NO2)cc1. The zero-order valence-electron chi connectivity index (χ0n) is 10.1. The van der Waals surface area contributed by atoms with Crippen molar-refractivity contribution < 1.29 is 9.63 Å². The van der Waals surface area contributed by atoms with Crippen molar-refractivity contribution in [2.75, 3.05) is 0 Å². The second-order valence-corrected chi connectivity index (χ2v) is 4.25. The number of aromatic nitrogens is 1. The Morgan fingerprint density at radius 3 is 2.74 bits per heavy atom. The Hall–Kier alpha value is -2.46. The average molecular weight is 252 g/mol. The number of hydroxylamine groups is 1. The molecule has 1 unspecified atom stereocenters. The van der Waals surface area contributed by atoms with Gasteiger partial charge in [0, 0.05) is 23.5 Å². The quantitative estimate of drug-likeness (QED) is 0.853. The Kier molecular flexibility index (Phi) is 3.08. The molecular formula is C15H12N2O2. The first-order valence-electron chi connectivity index (χ1n) is 5.96. The second kappa shape index (κ2) is 5.04. The number of rotatable bonds is 3. The van der Waals surface area contributed by atoms with Crippen LogP contribution in [-0.2, 0) is 4.84 Å². The largest absolute Gasteiger partial charge is 0.298 e. The summed E-state index contributed by atoms with van der Waals surface area (Å²) in [5, 5.41) is 0. The van der Waals surface area contributed by atoms with E-state index >= 15 is 0 Å². The molecule has 2 aromatic rings. The van der Waals surface area contributed by atoms with Crippen LogP contribution in [0.1, 0.15) is 27.6 Å². The number of carbonyl (C=O) groups is 1. The monoisotopic (exact) mass is 252 g/mol. The Morgan fingerprint density at radius 2 is 2.05 bits per heavy atom. The van der Waals surface area contributed by atoms with Crippen molar-refractivity contribution in [1.29, 1.82) is 0 Å². The van der Waals surface area contributed by atoms with Gasteiger partial charge in [-0.25, -0.2) is 0 Å². The van der Waals surface area contributed by atoms with E-state index in [-0.39, 0.29) is 6.10 Å². The number of hydrogen-bond donors (Lipinski definition) is 1. The molecule has 0 aliphatic carbocycles. The molecule has 1 atom stereocenters. The highest BCUT2D eigenvalue weighted by Gasteiger charge is 2.19. The van der Waals surface area contributed by atoms with Gasteiger partial charge in [-0.3, -0.25) is 20.1 Å². The molecule has 2 heterocycles. The maximum atomic E-state index is 10.6. The standard InChI is InChI=1S/C15H12N2O2/c18-10-11-3-5-12(6-4-11)15-8-14(17-19-15)13-2-1-7-16-9-13/h1-10,15,17H. The van der Waals surface area contributed by atoms with Gasteiger partial charge < -0.3 is 0 Å². The molecule has 1 aliphatic rings. The van der Waals surface area contributed by atoms with Crippen LogP contribution in [0.3, 0.4) is 0 Å². The van der Waals surface area contributed by atoms with E-state index in [0.29, 0.717) is 5.56 Å². The van der Waals surface area contributed by atoms with E-state index in [1.165, 1.54) is 0 Å². The average Bonchev–Trinajstić information content (AvgIpc) is 2.98. The Bertz CT molecular complexity index is 606. The summed E-state index contributed by atoms with van der Waals surface area (Å²) in [4.78, 5) is 20.2. The van der Waals surface area contributed by atoms with Crippen LogP contribution >= 0.6 is 0 Å². The normalized spacial score (nSPS) is 17.7. The molecule has 0 fully saturated rings. The number of hydrogen-bond acceptors (Lipinski definition) is 4. The molecule has 0 bridgehead atoms. The number of nitrogens with one attached hydrogen (secondary N) is 1. The van der Waals surface area contributed by atoms with E-state index in [4.69, 9.17) is 4.84 Å². The molecule has 0 radical (unpaired) electrons. The van der Waals surface area contributed by atoms with Crippen molar-refractivity contribution in [3.8, 4) is 0 Å². The number of benzene rings is 1. The molecule has 1 aromatic heterocycles. The molecular weight excluding hydrogens is 240 g/mol. The van der Waals surface area contributed by atoms with Gasteiger partial charge in [-0.05, 0) is 23.8 Å². The van der Waals surface area contributed by atoms with E-state index < -0.39 is 0 Å². The van der Waals surface area contributed by atoms with Crippen molar-refractivity contribution in [2.24, 2.45) is 0 Å².